The first kappa shape index (κ1) is 22.5. The van der Waals surface area contributed by atoms with Crippen LogP contribution in [-0.4, -0.2) is 27.2 Å². The summed E-state index contributed by atoms with van der Waals surface area (Å²) in [6.45, 7) is 10.8. The molecule has 4 aliphatic carbocycles. The van der Waals surface area contributed by atoms with Crippen LogP contribution in [-0.2, 0) is 4.79 Å². The molecule has 30 heavy (non-hydrogen) atoms. The minimum Gasteiger partial charge on any atom is -0.390 e. The molecule has 4 aliphatic rings. The van der Waals surface area contributed by atoms with Crippen LogP contribution in [0.5, 0.6) is 0 Å². The summed E-state index contributed by atoms with van der Waals surface area (Å²) in [5.74, 6) is 2.20. The standard InChI is InChI=1S/C27H44O3/c1-6-27(30)15-14-26(5)19(17-27)16-22(28)23-20-10-9-18(8-7-12-24(2,3)29)25(20,4)13-11-21(23)26/h16,18,20-21,23,29-30H,6-15,17H2,1-5H3/t18-,20-,21-,23-,25+,26-,27-/m0/s1. The van der Waals surface area contributed by atoms with Gasteiger partial charge in [-0.3, -0.25) is 4.79 Å². The van der Waals surface area contributed by atoms with Crippen LogP contribution in [0, 0.1) is 34.5 Å². The number of carbonyl (C=O) groups is 1. The molecule has 3 saturated carbocycles. The molecule has 7 atom stereocenters. The zero-order valence-electron chi connectivity index (χ0n) is 20.0. The third-order valence-electron chi connectivity index (χ3n) is 10.3. The van der Waals surface area contributed by atoms with Crippen molar-refractivity contribution >= 4 is 5.78 Å². The van der Waals surface area contributed by atoms with E-state index in [0.29, 0.717) is 30.0 Å². The second-order valence-electron chi connectivity index (χ2n) is 12.5. The molecule has 3 fully saturated rings. The Morgan fingerprint density at radius 3 is 2.50 bits per heavy atom. The largest absolute Gasteiger partial charge is 0.390 e. The third-order valence-corrected chi connectivity index (χ3v) is 10.3. The molecule has 2 N–H and O–H groups in total. The number of ketones is 1. The normalized spacial score (nSPS) is 46.1. The molecule has 0 saturated heterocycles. The van der Waals surface area contributed by atoms with E-state index in [2.05, 4.69) is 20.8 Å². The van der Waals surface area contributed by atoms with Gasteiger partial charge in [-0.1, -0.05) is 32.8 Å². The first-order valence-electron chi connectivity index (χ1n) is 12.6. The fourth-order valence-corrected chi connectivity index (χ4v) is 8.12. The van der Waals surface area contributed by atoms with Crippen LogP contribution in [0.2, 0.25) is 0 Å². The van der Waals surface area contributed by atoms with E-state index in [-0.39, 0.29) is 16.7 Å². The third kappa shape index (κ3) is 3.62. The molecule has 0 aromatic heterocycles. The molecule has 3 nitrogen and oxygen atoms in total. The van der Waals surface area contributed by atoms with Crippen molar-refractivity contribution in [1.82, 2.24) is 0 Å². The maximum atomic E-state index is 13.5. The van der Waals surface area contributed by atoms with E-state index in [1.807, 2.05) is 19.9 Å². The van der Waals surface area contributed by atoms with Gasteiger partial charge in [-0.05, 0) is 113 Å². The van der Waals surface area contributed by atoms with E-state index in [4.69, 9.17) is 0 Å². The highest BCUT2D eigenvalue weighted by molar-refractivity contribution is 5.94. The highest BCUT2D eigenvalue weighted by Crippen LogP contribution is 2.66. The van der Waals surface area contributed by atoms with Crippen LogP contribution in [0.25, 0.3) is 0 Å². The minimum absolute atomic E-state index is 0.0975. The Balaban J connectivity index is 1.55. The molecule has 0 radical (unpaired) electrons. The lowest BCUT2D eigenvalue weighted by molar-refractivity contribution is -0.136. The average molecular weight is 417 g/mol. The number of rotatable bonds is 5. The summed E-state index contributed by atoms with van der Waals surface area (Å²) in [4.78, 5) is 13.5. The zero-order chi connectivity index (χ0) is 21.9. The Bertz CT molecular complexity index is 718. The van der Waals surface area contributed by atoms with E-state index >= 15 is 0 Å². The van der Waals surface area contributed by atoms with E-state index in [0.717, 1.165) is 38.5 Å². The number of aliphatic hydroxyl groups is 2. The van der Waals surface area contributed by atoms with Crippen molar-refractivity contribution < 1.29 is 15.0 Å². The lowest BCUT2D eigenvalue weighted by Crippen LogP contribution is -2.54. The summed E-state index contributed by atoms with van der Waals surface area (Å²) in [6.07, 6.45) is 13.3. The van der Waals surface area contributed by atoms with Gasteiger partial charge >= 0.3 is 0 Å². The van der Waals surface area contributed by atoms with Gasteiger partial charge in [0, 0.05) is 5.92 Å². The molecule has 0 amide bonds. The smallest absolute Gasteiger partial charge is 0.159 e. The van der Waals surface area contributed by atoms with E-state index < -0.39 is 11.2 Å². The van der Waals surface area contributed by atoms with E-state index in [1.165, 1.54) is 31.3 Å². The number of hydrogen-bond donors (Lipinski definition) is 2. The SMILES string of the molecule is CC[C@]1(O)CC[C@@]2(C)C(=CC(=O)[C@H]3[C@@H]4CC[C@H](CCCC(C)(C)O)[C@@]4(C)CC[C@@H]32)C1. The Kier molecular flexibility index (Phi) is 5.59. The number of carbonyl (C=O) groups excluding carboxylic acids is 1. The molecule has 0 aromatic carbocycles. The van der Waals surface area contributed by atoms with Crippen molar-refractivity contribution in [2.45, 2.75) is 116 Å². The van der Waals surface area contributed by atoms with Gasteiger partial charge in [-0.15, -0.1) is 0 Å². The second-order valence-corrected chi connectivity index (χ2v) is 12.5. The maximum Gasteiger partial charge on any atom is 0.159 e. The van der Waals surface area contributed by atoms with E-state index in [9.17, 15) is 15.0 Å². The topological polar surface area (TPSA) is 57.5 Å². The molecule has 0 aliphatic heterocycles. The predicted octanol–water partition coefficient (Wildman–Crippen LogP) is 5.83. The molecular formula is C27H44O3. The lowest BCUT2D eigenvalue weighted by Gasteiger charge is -2.58. The summed E-state index contributed by atoms with van der Waals surface area (Å²) in [7, 11) is 0. The zero-order valence-corrected chi connectivity index (χ0v) is 20.0. The summed E-state index contributed by atoms with van der Waals surface area (Å²) in [6, 6.07) is 0. The summed E-state index contributed by atoms with van der Waals surface area (Å²) in [5, 5.41) is 21.0. The first-order valence-corrected chi connectivity index (χ1v) is 12.6. The highest BCUT2D eigenvalue weighted by Gasteiger charge is 2.61. The summed E-state index contributed by atoms with van der Waals surface area (Å²) in [5.41, 5.74) is 0.429. The van der Waals surface area contributed by atoms with Gasteiger partial charge < -0.3 is 10.2 Å². The number of fused-ring (bicyclic) bond motifs is 5. The molecule has 0 bridgehead atoms. The van der Waals surface area contributed by atoms with Gasteiger partial charge in [-0.2, -0.15) is 0 Å². The van der Waals surface area contributed by atoms with Crippen molar-refractivity contribution in [1.29, 1.82) is 0 Å². The van der Waals surface area contributed by atoms with Crippen LogP contribution in [0.3, 0.4) is 0 Å². The highest BCUT2D eigenvalue weighted by atomic mass is 16.3. The van der Waals surface area contributed by atoms with Crippen molar-refractivity contribution in [3.63, 3.8) is 0 Å². The van der Waals surface area contributed by atoms with Gasteiger partial charge in [0.15, 0.2) is 5.78 Å². The molecule has 0 unspecified atom stereocenters. The maximum absolute atomic E-state index is 13.5. The summed E-state index contributed by atoms with van der Waals surface area (Å²) >= 11 is 0. The van der Waals surface area contributed by atoms with Gasteiger partial charge in [-0.25, -0.2) is 0 Å². The van der Waals surface area contributed by atoms with Crippen LogP contribution in [0.15, 0.2) is 11.6 Å². The fourth-order valence-electron chi connectivity index (χ4n) is 8.12. The van der Waals surface area contributed by atoms with Crippen LogP contribution < -0.4 is 0 Å². The molecule has 4 rings (SSSR count). The van der Waals surface area contributed by atoms with Gasteiger partial charge in [0.05, 0.1) is 11.2 Å². The second kappa shape index (κ2) is 7.44. The molecule has 0 spiro atoms. The Morgan fingerprint density at radius 2 is 1.83 bits per heavy atom. The van der Waals surface area contributed by atoms with Crippen molar-refractivity contribution in [3.05, 3.63) is 11.6 Å². The van der Waals surface area contributed by atoms with Crippen molar-refractivity contribution in [3.8, 4) is 0 Å². The molecule has 0 heterocycles. The van der Waals surface area contributed by atoms with Crippen molar-refractivity contribution in [2.75, 3.05) is 0 Å². The number of allylic oxidation sites excluding steroid dienone is 1. The molecule has 170 valence electrons. The van der Waals surface area contributed by atoms with E-state index in [1.54, 1.807) is 0 Å². The van der Waals surface area contributed by atoms with Crippen LogP contribution in [0.1, 0.15) is 105 Å². The fraction of sp³-hybridized carbons (Fsp3) is 0.889. The average Bonchev–Trinajstić information content (AvgIpc) is 2.99. The monoisotopic (exact) mass is 416 g/mol. The Labute approximate surface area is 183 Å². The first-order chi connectivity index (χ1) is 13.9. The van der Waals surface area contributed by atoms with Gasteiger partial charge in [0.25, 0.3) is 0 Å². The predicted molar refractivity (Wildman–Crippen MR) is 121 cm³/mol. The van der Waals surface area contributed by atoms with Gasteiger partial charge in [0.1, 0.15) is 0 Å². The minimum atomic E-state index is -0.611. The molecule has 3 heteroatoms. The Hall–Kier alpha value is -0.670. The van der Waals surface area contributed by atoms with Crippen LogP contribution >= 0.6 is 0 Å². The quantitative estimate of drug-likeness (QED) is 0.593. The van der Waals surface area contributed by atoms with Crippen molar-refractivity contribution in [2.24, 2.45) is 34.5 Å². The molecular weight excluding hydrogens is 372 g/mol. The Morgan fingerprint density at radius 1 is 1.10 bits per heavy atom. The summed E-state index contributed by atoms with van der Waals surface area (Å²) < 4.78 is 0. The van der Waals surface area contributed by atoms with Gasteiger partial charge in [0.2, 0.25) is 0 Å². The lowest BCUT2D eigenvalue weighted by atomic mass is 9.46. The van der Waals surface area contributed by atoms with Crippen LogP contribution in [0.4, 0.5) is 0 Å². The number of hydrogen-bond acceptors (Lipinski definition) is 3. The molecule has 0 aromatic rings.